The fraction of sp³-hybridized carbons (Fsp3) is 0.421. The van der Waals surface area contributed by atoms with E-state index >= 15 is 0 Å². The number of carbonyl (C=O) groups excluding carboxylic acids is 1. The van der Waals surface area contributed by atoms with Crippen molar-refractivity contribution in [2.45, 2.75) is 54.0 Å². The van der Waals surface area contributed by atoms with Gasteiger partial charge in [0.05, 0.1) is 17.1 Å². The van der Waals surface area contributed by atoms with Gasteiger partial charge in [-0.25, -0.2) is 0 Å². The molecule has 0 atom stereocenters. The number of nitrogens with one attached hydrogen (secondary N) is 1. The molecule has 0 aliphatic carbocycles. The minimum atomic E-state index is -0.214. The van der Waals surface area contributed by atoms with Crippen molar-refractivity contribution in [1.29, 1.82) is 0 Å². The smallest absolute Gasteiger partial charge is 0.248 e. The molecule has 0 fully saturated rings. The van der Waals surface area contributed by atoms with E-state index in [1.807, 2.05) is 33.8 Å². The molecule has 0 aromatic carbocycles. The second-order valence-electron chi connectivity index (χ2n) is 6.23. The van der Waals surface area contributed by atoms with E-state index in [2.05, 4.69) is 22.3 Å². The van der Waals surface area contributed by atoms with E-state index in [-0.39, 0.29) is 5.91 Å². The Labute approximate surface area is 154 Å². The van der Waals surface area contributed by atoms with Crippen molar-refractivity contribution < 1.29 is 4.79 Å². The Kier molecular flexibility index (Phi) is 6.37. The van der Waals surface area contributed by atoms with Gasteiger partial charge in [0.2, 0.25) is 5.91 Å². The first-order valence-electron chi connectivity index (χ1n) is 8.50. The van der Waals surface area contributed by atoms with Gasteiger partial charge in [-0.3, -0.25) is 14.5 Å². The summed E-state index contributed by atoms with van der Waals surface area (Å²) in [5.74, 6) is -0.214. The molecule has 1 N–H and O–H groups in total. The Balaban J connectivity index is 2.15. The summed E-state index contributed by atoms with van der Waals surface area (Å²) >= 11 is 6.38. The molecular formula is C19H25ClN4O. The molecule has 5 nitrogen and oxygen atoms in total. The van der Waals surface area contributed by atoms with Crippen molar-refractivity contribution in [1.82, 2.24) is 14.8 Å². The molecule has 0 bridgehead atoms. The Morgan fingerprint density at radius 2 is 2.00 bits per heavy atom. The Hall–Kier alpha value is -2.14. The molecule has 1 amide bonds. The fourth-order valence-electron chi connectivity index (χ4n) is 2.75. The summed E-state index contributed by atoms with van der Waals surface area (Å²) in [5, 5.41) is 7.91. The topological polar surface area (TPSA) is 59.8 Å². The highest BCUT2D eigenvalue weighted by atomic mass is 35.5. The molecule has 0 aliphatic heterocycles. The largest absolute Gasteiger partial charge is 0.321 e. The van der Waals surface area contributed by atoms with Crippen LogP contribution in [0.2, 0.25) is 5.15 Å². The number of hydrogen-bond acceptors (Lipinski definition) is 3. The van der Waals surface area contributed by atoms with Crippen molar-refractivity contribution in [3.05, 3.63) is 45.5 Å². The van der Waals surface area contributed by atoms with Gasteiger partial charge in [-0.2, -0.15) is 5.10 Å². The van der Waals surface area contributed by atoms with Gasteiger partial charge in [0.1, 0.15) is 5.15 Å². The van der Waals surface area contributed by atoms with Crippen LogP contribution in [0, 0.1) is 27.7 Å². The summed E-state index contributed by atoms with van der Waals surface area (Å²) in [7, 11) is 0. The molecule has 2 rings (SSSR count). The quantitative estimate of drug-likeness (QED) is 0.765. The molecule has 2 aromatic rings. The predicted octanol–water partition coefficient (Wildman–Crippen LogP) is 4.62. The van der Waals surface area contributed by atoms with Crippen molar-refractivity contribution in [3.8, 4) is 0 Å². The molecule has 2 heterocycles. The third-order valence-corrected chi connectivity index (χ3v) is 4.41. The van der Waals surface area contributed by atoms with Crippen LogP contribution < -0.4 is 5.32 Å². The van der Waals surface area contributed by atoms with E-state index < -0.39 is 0 Å². The zero-order chi connectivity index (χ0) is 18.6. The molecule has 6 heteroatoms. The number of pyridine rings is 1. The van der Waals surface area contributed by atoms with Crippen molar-refractivity contribution in [2.75, 3.05) is 5.32 Å². The van der Waals surface area contributed by atoms with E-state index in [0.717, 1.165) is 53.3 Å². The number of anilines is 1. The Morgan fingerprint density at radius 3 is 2.64 bits per heavy atom. The van der Waals surface area contributed by atoms with E-state index in [0.29, 0.717) is 5.15 Å². The molecule has 0 radical (unpaired) electrons. The SMILES string of the molecule is CCCCn1nc(C)c(C=CC(=O)Nc2c(C)cc(C)nc2C)c1Cl. The summed E-state index contributed by atoms with van der Waals surface area (Å²) in [6, 6.07) is 1.95. The summed E-state index contributed by atoms with van der Waals surface area (Å²) in [5.41, 5.74) is 5.08. The maximum absolute atomic E-state index is 12.3. The Morgan fingerprint density at radius 1 is 1.28 bits per heavy atom. The van der Waals surface area contributed by atoms with Gasteiger partial charge in [-0.15, -0.1) is 0 Å². The minimum absolute atomic E-state index is 0.214. The number of carbonyl (C=O) groups is 1. The first-order valence-corrected chi connectivity index (χ1v) is 8.88. The van der Waals surface area contributed by atoms with Gasteiger partial charge in [0.25, 0.3) is 0 Å². The summed E-state index contributed by atoms with van der Waals surface area (Å²) in [4.78, 5) is 16.7. The zero-order valence-corrected chi connectivity index (χ0v) is 16.2. The van der Waals surface area contributed by atoms with Crippen LogP contribution in [-0.4, -0.2) is 20.7 Å². The van der Waals surface area contributed by atoms with Crippen LogP contribution in [0.5, 0.6) is 0 Å². The van der Waals surface area contributed by atoms with Gasteiger partial charge in [-0.1, -0.05) is 24.9 Å². The van der Waals surface area contributed by atoms with Crippen LogP contribution in [0.25, 0.3) is 6.08 Å². The summed E-state index contributed by atoms with van der Waals surface area (Å²) in [6.07, 6.45) is 5.29. The maximum atomic E-state index is 12.3. The molecular weight excluding hydrogens is 336 g/mol. The third kappa shape index (κ3) is 4.69. The summed E-state index contributed by atoms with van der Waals surface area (Å²) in [6.45, 7) is 10.6. The average Bonchev–Trinajstić information content (AvgIpc) is 2.80. The van der Waals surface area contributed by atoms with Gasteiger partial charge in [0.15, 0.2) is 0 Å². The average molecular weight is 361 g/mol. The Bertz CT molecular complexity index is 785. The lowest BCUT2D eigenvalue weighted by molar-refractivity contribution is -0.111. The number of unbranched alkanes of at least 4 members (excludes halogenated alkanes) is 1. The number of hydrogen-bond donors (Lipinski definition) is 1. The molecule has 0 saturated heterocycles. The van der Waals surface area contributed by atoms with Crippen molar-refractivity contribution >= 4 is 29.3 Å². The van der Waals surface area contributed by atoms with Gasteiger partial charge in [-0.05, 0) is 51.8 Å². The van der Waals surface area contributed by atoms with E-state index in [1.165, 1.54) is 6.08 Å². The monoisotopic (exact) mass is 360 g/mol. The lowest BCUT2D eigenvalue weighted by Gasteiger charge is -2.10. The number of rotatable bonds is 6. The lowest BCUT2D eigenvalue weighted by atomic mass is 10.1. The molecule has 134 valence electrons. The molecule has 25 heavy (non-hydrogen) atoms. The van der Waals surface area contributed by atoms with Crippen LogP contribution in [0.15, 0.2) is 12.1 Å². The van der Waals surface area contributed by atoms with Crippen LogP contribution in [0.3, 0.4) is 0 Å². The van der Waals surface area contributed by atoms with Crippen LogP contribution in [0.1, 0.15) is 48.0 Å². The first kappa shape index (κ1) is 19.2. The molecule has 0 unspecified atom stereocenters. The molecule has 0 saturated carbocycles. The molecule has 0 spiro atoms. The maximum Gasteiger partial charge on any atom is 0.248 e. The van der Waals surface area contributed by atoms with E-state index in [1.54, 1.807) is 10.8 Å². The number of nitrogens with zero attached hydrogens (tertiary/aromatic N) is 3. The third-order valence-electron chi connectivity index (χ3n) is 4.01. The number of amides is 1. The highest BCUT2D eigenvalue weighted by Crippen LogP contribution is 2.22. The lowest BCUT2D eigenvalue weighted by Crippen LogP contribution is -2.11. The van der Waals surface area contributed by atoms with Crippen LogP contribution >= 0.6 is 11.6 Å². The van der Waals surface area contributed by atoms with Gasteiger partial charge < -0.3 is 5.32 Å². The zero-order valence-electron chi connectivity index (χ0n) is 15.5. The number of aromatic nitrogens is 3. The highest BCUT2D eigenvalue weighted by molar-refractivity contribution is 6.31. The summed E-state index contributed by atoms with van der Waals surface area (Å²) < 4.78 is 1.79. The standard InChI is InChI=1S/C19H25ClN4O/c1-6-7-10-24-19(20)16(14(4)23-24)8-9-17(25)22-18-12(2)11-13(3)21-15(18)5/h8-9,11H,6-7,10H2,1-5H3,(H,22,25). The van der Waals surface area contributed by atoms with Crippen molar-refractivity contribution in [3.63, 3.8) is 0 Å². The molecule has 2 aromatic heterocycles. The van der Waals surface area contributed by atoms with Crippen molar-refractivity contribution in [2.24, 2.45) is 0 Å². The second-order valence-corrected chi connectivity index (χ2v) is 6.59. The molecule has 0 aliphatic rings. The van der Waals surface area contributed by atoms with E-state index in [4.69, 9.17) is 11.6 Å². The fourth-order valence-corrected chi connectivity index (χ4v) is 3.07. The van der Waals surface area contributed by atoms with Crippen LogP contribution in [0.4, 0.5) is 5.69 Å². The van der Waals surface area contributed by atoms with Gasteiger partial charge in [0, 0.05) is 23.9 Å². The minimum Gasteiger partial charge on any atom is -0.321 e. The predicted molar refractivity (Wildman–Crippen MR) is 103 cm³/mol. The number of halogens is 1. The number of aryl methyl sites for hydroxylation is 5. The van der Waals surface area contributed by atoms with E-state index in [9.17, 15) is 4.79 Å². The normalized spacial score (nSPS) is 11.3. The second kappa shape index (κ2) is 8.30. The van der Waals surface area contributed by atoms with Gasteiger partial charge >= 0.3 is 0 Å². The van der Waals surface area contributed by atoms with Crippen LogP contribution in [-0.2, 0) is 11.3 Å². The first-order chi connectivity index (χ1) is 11.8. The highest BCUT2D eigenvalue weighted by Gasteiger charge is 2.12.